The van der Waals surface area contributed by atoms with Gasteiger partial charge in [0.05, 0.1) is 5.88 Å². The molecule has 56 valence electrons. The lowest BCUT2D eigenvalue weighted by Gasteiger charge is -1.93. The zero-order chi connectivity index (χ0) is 6.41. The van der Waals surface area contributed by atoms with E-state index in [1.54, 1.807) is 0 Å². The smallest absolute Gasteiger partial charge is 0.0600 e. The van der Waals surface area contributed by atoms with Crippen LogP contribution < -0.4 is 0 Å². The Hall–Kier alpha value is 0.250. The zero-order valence-electron chi connectivity index (χ0n) is 5.61. The first-order chi connectivity index (χ1) is 3.81. The highest BCUT2D eigenvalue weighted by Crippen LogP contribution is 1.95. The molecule has 0 aliphatic rings. The maximum Gasteiger partial charge on any atom is 0.0600 e. The van der Waals surface area contributed by atoms with Crippen LogP contribution in [0, 0.1) is 5.41 Å². The van der Waals surface area contributed by atoms with E-state index in [9.17, 15) is 0 Å². The van der Waals surface area contributed by atoms with Crippen LogP contribution in [0.4, 0.5) is 0 Å². The lowest BCUT2D eigenvalue weighted by molar-refractivity contribution is 0.831. The molecule has 0 aromatic carbocycles. The molecule has 0 aromatic rings. The second-order valence-electron chi connectivity index (χ2n) is 1.84. The average molecular weight is 170 g/mol. The molecule has 0 bridgehead atoms. The van der Waals surface area contributed by atoms with Gasteiger partial charge < -0.3 is 5.41 Å². The summed E-state index contributed by atoms with van der Waals surface area (Å²) in [5, 5.41) is 7.11. The molecule has 1 N–H and O–H groups in total. The minimum Gasteiger partial charge on any atom is -0.308 e. The number of nitrogens with one attached hydrogen (secondary N) is 1. The van der Waals surface area contributed by atoms with Crippen molar-refractivity contribution in [3.63, 3.8) is 0 Å². The lowest BCUT2D eigenvalue weighted by Crippen LogP contribution is -1.95. The van der Waals surface area contributed by atoms with Gasteiger partial charge in [-0.15, -0.1) is 24.0 Å². The number of alkyl halides is 1. The first kappa shape index (κ1) is 12.0. The van der Waals surface area contributed by atoms with Crippen LogP contribution in [0.3, 0.4) is 0 Å². The highest BCUT2D eigenvalue weighted by molar-refractivity contribution is 6.28. The minimum absolute atomic E-state index is 0. The van der Waals surface area contributed by atoms with Crippen LogP contribution >= 0.6 is 24.0 Å². The summed E-state index contributed by atoms with van der Waals surface area (Å²) in [5.41, 5.74) is 0.661. The van der Waals surface area contributed by atoms with Crippen LogP contribution in [0.15, 0.2) is 0 Å². The summed E-state index contributed by atoms with van der Waals surface area (Å²) in [6.45, 7) is 2.11. The predicted molar refractivity (Wildman–Crippen MR) is 45.2 cm³/mol. The van der Waals surface area contributed by atoms with Crippen molar-refractivity contribution in [1.29, 1.82) is 5.41 Å². The van der Waals surface area contributed by atoms with Gasteiger partial charge in [-0.25, -0.2) is 0 Å². The first-order valence-corrected chi connectivity index (χ1v) is 3.47. The zero-order valence-corrected chi connectivity index (χ0v) is 7.19. The summed E-state index contributed by atoms with van der Waals surface area (Å²) in [6.07, 6.45) is 3.13. The molecule has 0 radical (unpaired) electrons. The maximum absolute atomic E-state index is 7.11. The van der Waals surface area contributed by atoms with Gasteiger partial charge in [-0.3, -0.25) is 0 Å². The lowest BCUT2D eigenvalue weighted by atomic mass is 10.2. The van der Waals surface area contributed by atoms with E-state index < -0.39 is 0 Å². The summed E-state index contributed by atoms with van der Waals surface area (Å²) in [7, 11) is 0. The van der Waals surface area contributed by atoms with Crippen LogP contribution in [0.25, 0.3) is 0 Å². The van der Waals surface area contributed by atoms with Crippen LogP contribution in [-0.2, 0) is 0 Å². The van der Waals surface area contributed by atoms with E-state index in [-0.39, 0.29) is 12.4 Å². The average Bonchev–Trinajstić information content (AvgIpc) is 1.83. The molecule has 0 heterocycles. The van der Waals surface area contributed by atoms with E-state index in [2.05, 4.69) is 6.92 Å². The van der Waals surface area contributed by atoms with E-state index in [1.165, 1.54) is 0 Å². The Bertz CT molecular complexity index is 73.5. The fraction of sp³-hybridized carbons (Fsp3) is 0.833. The van der Waals surface area contributed by atoms with Crippen molar-refractivity contribution in [3.8, 4) is 0 Å². The standard InChI is InChI=1S/C6H12ClN.ClH/c1-2-3-4-6(8)5-7;/h8H,2-5H2,1H3;1H. The summed E-state index contributed by atoms with van der Waals surface area (Å²) >= 11 is 5.36. The Labute approximate surface area is 67.7 Å². The maximum atomic E-state index is 7.11. The number of unbranched alkanes of at least 4 members (excludes halogenated alkanes) is 1. The van der Waals surface area contributed by atoms with Gasteiger partial charge in [-0.05, 0) is 12.8 Å². The fourth-order valence-electron chi connectivity index (χ4n) is 0.457. The molecule has 0 unspecified atom stereocenters. The SMILES string of the molecule is CCCCC(=N)CCl.Cl. The quantitative estimate of drug-likeness (QED) is 0.495. The predicted octanol–water partition coefficient (Wildman–Crippen LogP) is 2.86. The van der Waals surface area contributed by atoms with Crippen molar-refractivity contribution in [1.82, 2.24) is 0 Å². The third-order valence-electron chi connectivity index (χ3n) is 0.993. The van der Waals surface area contributed by atoms with Crippen LogP contribution in [0.1, 0.15) is 26.2 Å². The highest BCUT2D eigenvalue weighted by Gasteiger charge is 1.90. The van der Waals surface area contributed by atoms with Gasteiger partial charge in [0, 0.05) is 5.71 Å². The van der Waals surface area contributed by atoms with E-state index in [0.29, 0.717) is 11.6 Å². The Kier molecular flexibility index (Phi) is 11.0. The molecule has 9 heavy (non-hydrogen) atoms. The molecule has 0 amide bonds. The molecular formula is C6H13Cl2N. The molecule has 0 atom stereocenters. The Morgan fingerprint density at radius 1 is 1.56 bits per heavy atom. The number of hydrogen-bond donors (Lipinski definition) is 1. The van der Waals surface area contributed by atoms with Crippen molar-refractivity contribution in [2.75, 3.05) is 5.88 Å². The number of halogens is 2. The van der Waals surface area contributed by atoms with E-state index in [0.717, 1.165) is 19.3 Å². The Morgan fingerprint density at radius 2 is 2.11 bits per heavy atom. The van der Waals surface area contributed by atoms with Gasteiger partial charge in [0.1, 0.15) is 0 Å². The second kappa shape index (κ2) is 8.25. The molecule has 1 nitrogen and oxygen atoms in total. The molecule has 0 rings (SSSR count). The van der Waals surface area contributed by atoms with Crippen LogP contribution in [0.5, 0.6) is 0 Å². The normalized spacial score (nSPS) is 8.22. The first-order valence-electron chi connectivity index (χ1n) is 2.93. The second-order valence-corrected chi connectivity index (χ2v) is 2.11. The number of hydrogen-bond acceptors (Lipinski definition) is 1. The molecule has 0 saturated heterocycles. The molecule has 0 fully saturated rings. The van der Waals surface area contributed by atoms with Gasteiger partial charge in [-0.2, -0.15) is 0 Å². The highest BCUT2D eigenvalue weighted by atomic mass is 35.5. The summed E-state index contributed by atoms with van der Waals surface area (Å²) in [4.78, 5) is 0. The van der Waals surface area contributed by atoms with Crippen molar-refractivity contribution >= 4 is 29.7 Å². The number of rotatable bonds is 4. The summed E-state index contributed by atoms with van der Waals surface area (Å²) in [6, 6.07) is 0. The van der Waals surface area contributed by atoms with Crippen molar-refractivity contribution in [3.05, 3.63) is 0 Å². The summed E-state index contributed by atoms with van der Waals surface area (Å²) < 4.78 is 0. The molecule has 0 aliphatic heterocycles. The van der Waals surface area contributed by atoms with Crippen LogP contribution in [-0.4, -0.2) is 11.6 Å². The minimum atomic E-state index is 0. The van der Waals surface area contributed by atoms with E-state index >= 15 is 0 Å². The molecule has 0 spiro atoms. The molecule has 3 heteroatoms. The van der Waals surface area contributed by atoms with Crippen molar-refractivity contribution in [2.24, 2.45) is 0 Å². The van der Waals surface area contributed by atoms with Gasteiger partial charge in [0.15, 0.2) is 0 Å². The topological polar surface area (TPSA) is 23.9 Å². The van der Waals surface area contributed by atoms with Crippen molar-refractivity contribution in [2.45, 2.75) is 26.2 Å². The monoisotopic (exact) mass is 169 g/mol. The summed E-state index contributed by atoms with van der Waals surface area (Å²) in [5.74, 6) is 0.403. The van der Waals surface area contributed by atoms with Gasteiger partial charge >= 0.3 is 0 Å². The molecule has 0 saturated carbocycles. The van der Waals surface area contributed by atoms with E-state index in [1.807, 2.05) is 0 Å². The van der Waals surface area contributed by atoms with Gasteiger partial charge in [0.25, 0.3) is 0 Å². The van der Waals surface area contributed by atoms with Gasteiger partial charge in [-0.1, -0.05) is 13.3 Å². The van der Waals surface area contributed by atoms with Crippen LogP contribution in [0.2, 0.25) is 0 Å². The third kappa shape index (κ3) is 8.25. The Balaban J connectivity index is 0. The molecule has 0 aliphatic carbocycles. The largest absolute Gasteiger partial charge is 0.308 e. The fourth-order valence-corrected chi connectivity index (χ4v) is 0.591. The third-order valence-corrected chi connectivity index (χ3v) is 1.32. The molecule has 0 aromatic heterocycles. The molecular weight excluding hydrogens is 157 g/mol. The van der Waals surface area contributed by atoms with Gasteiger partial charge in [0.2, 0.25) is 0 Å². The van der Waals surface area contributed by atoms with E-state index in [4.69, 9.17) is 17.0 Å². The Morgan fingerprint density at radius 3 is 2.44 bits per heavy atom. The van der Waals surface area contributed by atoms with Crippen molar-refractivity contribution < 1.29 is 0 Å².